The van der Waals surface area contributed by atoms with Crippen LogP contribution in [0.5, 0.6) is 0 Å². The molecular formula is C15H20N4O. The van der Waals surface area contributed by atoms with E-state index >= 15 is 0 Å². The molecule has 2 heterocycles. The number of rotatable bonds is 3. The van der Waals surface area contributed by atoms with Crippen molar-refractivity contribution in [1.82, 2.24) is 15.0 Å². The van der Waals surface area contributed by atoms with Crippen molar-refractivity contribution in [2.24, 2.45) is 7.05 Å². The molecule has 0 aliphatic carbocycles. The first-order valence-electron chi connectivity index (χ1n) is 7.02. The van der Waals surface area contributed by atoms with E-state index < -0.39 is 5.60 Å². The summed E-state index contributed by atoms with van der Waals surface area (Å²) in [4.78, 5) is 2.32. The molecule has 0 saturated carbocycles. The first kappa shape index (κ1) is 13.1. The summed E-state index contributed by atoms with van der Waals surface area (Å²) in [6.45, 7) is 1.75. The Balaban J connectivity index is 1.62. The fourth-order valence-corrected chi connectivity index (χ4v) is 2.81. The van der Waals surface area contributed by atoms with Gasteiger partial charge < -0.3 is 10.0 Å². The van der Waals surface area contributed by atoms with Crippen LogP contribution in [0.4, 0.5) is 5.69 Å². The number of aromatic nitrogens is 3. The number of nitrogens with zero attached hydrogens (tertiary/aromatic N) is 4. The quantitative estimate of drug-likeness (QED) is 0.917. The Kier molecular flexibility index (Phi) is 3.44. The van der Waals surface area contributed by atoms with Gasteiger partial charge in [-0.05, 0) is 25.0 Å². The monoisotopic (exact) mass is 272 g/mol. The lowest BCUT2D eigenvalue weighted by atomic mass is 9.87. The molecule has 0 spiro atoms. The van der Waals surface area contributed by atoms with E-state index in [-0.39, 0.29) is 0 Å². The largest absolute Gasteiger partial charge is 0.389 e. The van der Waals surface area contributed by atoms with Crippen molar-refractivity contribution in [2.45, 2.75) is 24.9 Å². The molecule has 2 aromatic rings. The van der Waals surface area contributed by atoms with Gasteiger partial charge >= 0.3 is 0 Å². The molecule has 1 aromatic heterocycles. The highest BCUT2D eigenvalue weighted by molar-refractivity contribution is 5.46. The average molecular weight is 272 g/mol. The van der Waals surface area contributed by atoms with E-state index in [4.69, 9.17) is 0 Å². The summed E-state index contributed by atoms with van der Waals surface area (Å²) < 4.78 is 1.68. The molecule has 0 bridgehead atoms. The molecule has 20 heavy (non-hydrogen) atoms. The van der Waals surface area contributed by atoms with Gasteiger partial charge in [0, 0.05) is 38.4 Å². The van der Waals surface area contributed by atoms with Crippen molar-refractivity contribution in [2.75, 3.05) is 18.0 Å². The van der Waals surface area contributed by atoms with Crippen molar-refractivity contribution in [1.29, 1.82) is 0 Å². The van der Waals surface area contributed by atoms with E-state index in [1.165, 1.54) is 5.69 Å². The Hall–Kier alpha value is -1.88. The van der Waals surface area contributed by atoms with Crippen LogP contribution in [-0.4, -0.2) is 38.8 Å². The molecule has 106 valence electrons. The summed E-state index contributed by atoms with van der Waals surface area (Å²) in [5, 5.41) is 18.7. The maximum absolute atomic E-state index is 10.7. The number of piperidine rings is 1. The van der Waals surface area contributed by atoms with Gasteiger partial charge in [-0.1, -0.05) is 23.4 Å². The lowest BCUT2D eigenvalue weighted by Gasteiger charge is -2.39. The topological polar surface area (TPSA) is 54.2 Å². The second-order valence-electron chi connectivity index (χ2n) is 5.61. The third kappa shape index (κ3) is 2.82. The fraction of sp³-hybridized carbons (Fsp3) is 0.467. The number of aliphatic hydroxyl groups is 1. The summed E-state index contributed by atoms with van der Waals surface area (Å²) in [5.74, 6) is 0. The summed E-state index contributed by atoms with van der Waals surface area (Å²) in [6.07, 6.45) is 3.99. The highest BCUT2D eigenvalue weighted by atomic mass is 16.3. The zero-order chi connectivity index (χ0) is 14.0. The predicted octanol–water partition coefficient (Wildman–Crippen LogP) is 1.39. The van der Waals surface area contributed by atoms with E-state index in [2.05, 4.69) is 39.5 Å². The van der Waals surface area contributed by atoms with E-state index in [9.17, 15) is 5.11 Å². The van der Waals surface area contributed by atoms with Gasteiger partial charge in [0.05, 0.1) is 11.3 Å². The highest BCUT2D eigenvalue weighted by Crippen LogP contribution is 2.28. The van der Waals surface area contributed by atoms with Gasteiger partial charge in [-0.25, -0.2) is 0 Å². The third-order valence-corrected chi connectivity index (χ3v) is 3.98. The van der Waals surface area contributed by atoms with Crippen molar-refractivity contribution in [3.05, 3.63) is 42.2 Å². The van der Waals surface area contributed by atoms with Crippen LogP contribution in [0.2, 0.25) is 0 Å². The minimum Gasteiger partial charge on any atom is -0.389 e. The smallest absolute Gasteiger partial charge is 0.0855 e. The fourth-order valence-electron chi connectivity index (χ4n) is 2.81. The number of hydrogen-bond acceptors (Lipinski definition) is 4. The van der Waals surface area contributed by atoms with Crippen molar-refractivity contribution >= 4 is 5.69 Å². The minimum absolute atomic E-state index is 0.587. The Bertz CT molecular complexity index is 558. The van der Waals surface area contributed by atoms with Gasteiger partial charge in [-0.15, -0.1) is 5.10 Å². The van der Waals surface area contributed by atoms with Crippen molar-refractivity contribution in [3.8, 4) is 0 Å². The molecule has 1 aliphatic heterocycles. The van der Waals surface area contributed by atoms with Crippen LogP contribution in [0.1, 0.15) is 18.5 Å². The van der Waals surface area contributed by atoms with Crippen LogP contribution in [0.3, 0.4) is 0 Å². The molecule has 0 amide bonds. The summed E-state index contributed by atoms with van der Waals surface area (Å²) in [6, 6.07) is 10.4. The Morgan fingerprint density at radius 1 is 1.20 bits per heavy atom. The predicted molar refractivity (Wildman–Crippen MR) is 77.5 cm³/mol. The molecule has 1 aliphatic rings. The SMILES string of the molecule is Cn1cc(CC2(O)CCN(c3ccccc3)CC2)nn1. The van der Waals surface area contributed by atoms with Gasteiger partial charge in [0.2, 0.25) is 0 Å². The Morgan fingerprint density at radius 2 is 1.90 bits per heavy atom. The summed E-state index contributed by atoms with van der Waals surface area (Å²) in [5.41, 5.74) is 1.44. The molecule has 1 fully saturated rings. The average Bonchev–Trinajstić information content (AvgIpc) is 2.85. The molecule has 1 saturated heterocycles. The molecule has 3 rings (SSSR count). The number of para-hydroxylation sites is 1. The molecule has 1 aromatic carbocycles. The van der Waals surface area contributed by atoms with Crippen LogP contribution in [0.15, 0.2) is 36.5 Å². The molecule has 0 unspecified atom stereocenters. The van der Waals surface area contributed by atoms with Gasteiger partial charge in [0.25, 0.3) is 0 Å². The van der Waals surface area contributed by atoms with E-state index in [0.29, 0.717) is 6.42 Å². The first-order valence-corrected chi connectivity index (χ1v) is 7.02. The van der Waals surface area contributed by atoms with Crippen LogP contribution in [0, 0.1) is 0 Å². The number of hydrogen-bond donors (Lipinski definition) is 1. The van der Waals surface area contributed by atoms with Gasteiger partial charge in [-0.2, -0.15) is 0 Å². The lowest BCUT2D eigenvalue weighted by Crippen LogP contribution is -2.45. The van der Waals surface area contributed by atoms with Crippen LogP contribution < -0.4 is 4.90 Å². The Labute approximate surface area is 118 Å². The zero-order valence-electron chi connectivity index (χ0n) is 11.7. The van der Waals surface area contributed by atoms with E-state index in [0.717, 1.165) is 31.6 Å². The second kappa shape index (κ2) is 5.25. The lowest BCUT2D eigenvalue weighted by molar-refractivity contribution is 0.0156. The van der Waals surface area contributed by atoms with E-state index in [1.807, 2.05) is 19.3 Å². The Morgan fingerprint density at radius 3 is 2.50 bits per heavy atom. The second-order valence-corrected chi connectivity index (χ2v) is 5.61. The highest BCUT2D eigenvalue weighted by Gasteiger charge is 2.33. The molecule has 5 nitrogen and oxygen atoms in total. The van der Waals surface area contributed by atoms with Gasteiger partial charge in [0.1, 0.15) is 0 Å². The minimum atomic E-state index is -0.651. The molecule has 1 N–H and O–H groups in total. The van der Waals surface area contributed by atoms with Crippen molar-refractivity contribution < 1.29 is 5.11 Å². The van der Waals surface area contributed by atoms with Crippen LogP contribution >= 0.6 is 0 Å². The molecule has 0 radical (unpaired) electrons. The standard InChI is InChI=1S/C15H20N4O/c1-18-12-13(16-17-18)11-15(20)7-9-19(10-8-15)14-5-3-2-4-6-14/h2-6,12,20H,7-11H2,1H3. The van der Waals surface area contributed by atoms with Gasteiger partial charge in [0.15, 0.2) is 0 Å². The summed E-state index contributed by atoms with van der Waals surface area (Å²) >= 11 is 0. The number of anilines is 1. The maximum atomic E-state index is 10.7. The number of benzene rings is 1. The van der Waals surface area contributed by atoms with E-state index in [1.54, 1.807) is 4.68 Å². The normalized spacial score (nSPS) is 18.2. The first-order chi connectivity index (χ1) is 9.65. The molecule has 0 atom stereocenters. The summed E-state index contributed by atoms with van der Waals surface area (Å²) in [7, 11) is 1.85. The molecule has 5 heteroatoms. The zero-order valence-corrected chi connectivity index (χ0v) is 11.7. The number of aryl methyl sites for hydroxylation is 1. The maximum Gasteiger partial charge on any atom is 0.0855 e. The van der Waals surface area contributed by atoms with Gasteiger partial charge in [-0.3, -0.25) is 4.68 Å². The molecular weight excluding hydrogens is 252 g/mol. The van der Waals surface area contributed by atoms with Crippen molar-refractivity contribution in [3.63, 3.8) is 0 Å². The van der Waals surface area contributed by atoms with Crippen LogP contribution in [-0.2, 0) is 13.5 Å². The van der Waals surface area contributed by atoms with Crippen LogP contribution in [0.25, 0.3) is 0 Å². The third-order valence-electron chi connectivity index (χ3n) is 3.98.